The van der Waals surface area contributed by atoms with Gasteiger partial charge in [0.25, 0.3) is 5.69 Å². The van der Waals surface area contributed by atoms with E-state index in [4.69, 9.17) is 16.7 Å². The van der Waals surface area contributed by atoms with E-state index in [0.29, 0.717) is 36.9 Å². The van der Waals surface area contributed by atoms with Crippen molar-refractivity contribution in [2.45, 2.75) is 0 Å². The van der Waals surface area contributed by atoms with E-state index in [2.05, 4.69) is 4.90 Å². The first-order valence-electron chi connectivity index (χ1n) is 7.73. The van der Waals surface area contributed by atoms with Gasteiger partial charge in [-0.2, -0.15) is 0 Å². The number of carbonyl (C=O) groups is 1. The summed E-state index contributed by atoms with van der Waals surface area (Å²) in [5.41, 5.74) is 1.19. The van der Waals surface area contributed by atoms with Crippen molar-refractivity contribution in [3.05, 3.63) is 63.2 Å². The van der Waals surface area contributed by atoms with Gasteiger partial charge in [-0.25, -0.2) is 4.79 Å². The number of anilines is 2. The Kier molecular flexibility index (Phi) is 4.76. The summed E-state index contributed by atoms with van der Waals surface area (Å²) in [4.78, 5) is 25.9. The summed E-state index contributed by atoms with van der Waals surface area (Å²) in [6.45, 7) is 2.58. The Morgan fingerprint density at radius 2 is 1.76 bits per heavy atom. The Morgan fingerprint density at radius 3 is 2.36 bits per heavy atom. The molecule has 0 spiro atoms. The fraction of sp³-hybridized carbons (Fsp3) is 0.235. The van der Waals surface area contributed by atoms with Gasteiger partial charge in [-0.3, -0.25) is 10.1 Å². The van der Waals surface area contributed by atoms with E-state index in [1.54, 1.807) is 0 Å². The molecule has 1 aliphatic rings. The molecular weight excluding hydrogens is 346 g/mol. The molecule has 0 saturated carbocycles. The molecule has 1 heterocycles. The Morgan fingerprint density at radius 1 is 1.08 bits per heavy atom. The fourth-order valence-corrected chi connectivity index (χ4v) is 3.13. The lowest BCUT2D eigenvalue weighted by Crippen LogP contribution is -2.46. The van der Waals surface area contributed by atoms with Crippen LogP contribution in [0, 0.1) is 10.1 Å². The predicted octanol–water partition coefficient (Wildman–Crippen LogP) is 3.27. The molecule has 3 rings (SSSR count). The lowest BCUT2D eigenvalue weighted by atomic mass is 10.1. The number of hydrogen-bond donors (Lipinski definition) is 1. The molecule has 1 saturated heterocycles. The molecule has 0 aliphatic carbocycles. The van der Waals surface area contributed by atoms with E-state index in [1.165, 1.54) is 12.1 Å². The molecule has 0 amide bonds. The van der Waals surface area contributed by atoms with Gasteiger partial charge in [-0.1, -0.05) is 17.7 Å². The maximum Gasteiger partial charge on any atom is 0.335 e. The largest absolute Gasteiger partial charge is 0.478 e. The first-order chi connectivity index (χ1) is 12.0. The number of benzene rings is 2. The van der Waals surface area contributed by atoms with Crippen LogP contribution < -0.4 is 9.80 Å². The zero-order chi connectivity index (χ0) is 18.0. The van der Waals surface area contributed by atoms with Gasteiger partial charge in [0.05, 0.1) is 10.5 Å². The van der Waals surface area contributed by atoms with Crippen LogP contribution in [0.25, 0.3) is 0 Å². The van der Waals surface area contributed by atoms with Crippen molar-refractivity contribution >= 4 is 34.6 Å². The Labute approximate surface area is 149 Å². The van der Waals surface area contributed by atoms with E-state index < -0.39 is 10.9 Å². The van der Waals surface area contributed by atoms with Crippen LogP contribution in [0.3, 0.4) is 0 Å². The zero-order valence-corrected chi connectivity index (χ0v) is 14.0. The van der Waals surface area contributed by atoms with Gasteiger partial charge in [0, 0.05) is 43.0 Å². The number of nitro benzene ring substituents is 1. The normalized spacial score (nSPS) is 14.4. The average molecular weight is 362 g/mol. The van der Waals surface area contributed by atoms with Crippen LogP contribution >= 0.6 is 11.6 Å². The standard InChI is InChI=1S/C17H16ClN3O4/c18-13-2-1-3-14(11-13)19-6-8-20(9-7-19)15-5-4-12(17(22)23)10-16(15)21(24)25/h1-5,10-11H,6-9H2,(H,22,23). The number of aromatic carboxylic acids is 1. The van der Waals surface area contributed by atoms with E-state index in [0.717, 1.165) is 11.8 Å². The summed E-state index contributed by atoms with van der Waals surface area (Å²) in [6.07, 6.45) is 0. The van der Waals surface area contributed by atoms with Crippen molar-refractivity contribution in [2.24, 2.45) is 0 Å². The van der Waals surface area contributed by atoms with Crippen LogP contribution in [-0.2, 0) is 0 Å². The molecule has 130 valence electrons. The molecular formula is C17H16ClN3O4. The van der Waals surface area contributed by atoms with Gasteiger partial charge in [-0.15, -0.1) is 0 Å². The number of nitrogens with zero attached hydrogens (tertiary/aromatic N) is 3. The molecule has 2 aromatic rings. The summed E-state index contributed by atoms with van der Waals surface area (Å²) in [6, 6.07) is 11.6. The molecule has 0 bridgehead atoms. The van der Waals surface area contributed by atoms with Crippen molar-refractivity contribution in [3.63, 3.8) is 0 Å². The number of nitro groups is 1. The smallest absolute Gasteiger partial charge is 0.335 e. The predicted molar refractivity (Wildman–Crippen MR) is 95.9 cm³/mol. The molecule has 0 radical (unpaired) electrons. The monoisotopic (exact) mass is 361 g/mol. The van der Waals surface area contributed by atoms with Crippen LogP contribution in [0.4, 0.5) is 17.1 Å². The Bertz CT molecular complexity index is 819. The summed E-state index contributed by atoms with van der Waals surface area (Å²) in [5, 5.41) is 21.0. The maximum atomic E-state index is 11.3. The summed E-state index contributed by atoms with van der Waals surface area (Å²) < 4.78 is 0. The van der Waals surface area contributed by atoms with E-state index in [9.17, 15) is 14.9 Å². The van der Waals surface area contributed by atoms with Crippen LogP contribution in [-0.4, -0.2) is 42.2 Å². The van der Waals surface area contributed by atoms with Gasteiger partial charge in [0.2, 0.25) is 0 Å². The van der Waals surface area contributed by atoms with Crippen LogP contribution in [0.15, 0.2) is 42.5 Å². The second-order valence-electron chi connectivity index (χ2n) is 5.72. The highest BCUT2D eigenvalue weighted by molar-refractivity contribution is 6.30. The lowest BCUT2D eigenvalue weighted by molar-refractivity contribution is -0.384. The SMILES string of the molecule is O=C(O)c1ccc(N2CCN(c3cccc(Cl)c3)CC2)c([N+](=O)[O-])c1. The van der Waals surface area contributed by atoms with Crippen molar-refractivity contribution in [2.75, 3.05) is 36.0 Å². The minimum atomic E-state index is -1.18. The van der Waals surface area contributed by atoms with E-state index >= 15 is 0 Å². The summed E-state index contributed by atoms with van der Waals surface area (Å²) in [5.74, 6) is -1.18. The van der Waals surface area contributed by atoms with Crippen molar-refractivity contribution in [1.82, 2.24) is 0 Å². The first-order valence-corrected chi connectivity index (χ1v) is 8.10. The highest BCUT2D eigenvalue weighted by atomic mass is 35.5. The third kappa shape index (κ3) is 3.66. The van der Waals surface area contributed by atoms with Crippen LogP contribution in [0.1, 0.15) is 10.4 Å². The molecule has 25 heavy (non-hydrogen) atoms. The first kappa shape index (κ1) is 17.0. The third-order valence-corrected chi connectivity index (χ3v) is 4.45. The quantitative estimate of drug-likeness (QED) is 0.664. The number of hydrogen-bond acceptors (Lipinski definition) is 5. The third-order valence-electron chi connectivity index (χ3n) is 4.21. The average Bonchev–Trinajstić information content (AvgIpc) is 2.61. The van der Waals surface area contributed by atoms with E-state index in [-0.39, 0.29) is 11.3 Å². The number of rotatable bonds is 4. The summed E-state index contributed by atoms with van der Waals surface area (Å²) in [7, 11) is 0. The Hall–Kier alpha value is -2.80. The molecule has 8 heteroatoms. The number of piperazine rings is 1. The molecule has 1 N–H and O–H groups in total. The minimum absolute atomic E-state index is 0.0898. The van der Waals surface area contributed by atoms with Crippen LogP contribution in [0.5, 0.6) is 0 Å². The van der Waals surface area contributed by atoms with Gasteiger partial charge < -0.3 is 14.9 Å². The van der Waals surface area contributed by atoms with Gasteiger partial charge in [-0.05, 0) is 30.3 Å². The van der Waals surface area contributed by atoms with Crippen molar-refractivity contribution in [1.29, 1.82) is 0 Å². The molecule has 0 atom stereocenters. The number of halogens is 1. The minimum Gasteiger partial charge on any atom is -0.478 e. The molecule has 7 nitrogen and oxygen atoms in total. The molecule has 1 aliphatic heterocycles. The second-order valence-corrected chi connectivity index (χ2v) is 6.16. The Balaban J connectivity index is 1.78. The summed E-state index contributed by atoms with van der Waals surface area (Å²) >= 11 is 6.02. The van der Waals surface area contributed by atoms with E-state index in [1.807, 2.05) is 29.2 Å². The highest BCUT2D eigenvalue weighted by Gasteiger charge is 2.25. The van der Waals surface area contributed by atoms with Crippen molar-refractivity contribution < 1.29 is 14.8 Å². The van der Waals surface area contributed by atoms with Crippen LogP contribution in [0.2, 0.25) is 5.02 Å². The molecule has 2 aromatic carbocycles. The molecule has 1 fully saturated rings. The second kappa shape index (κ2) is 6.98. The maximum absolute atomic E-state index is 11.3. The van der Waals surface area contributed by atoms with Gasteiger partial charge in [0.15, 0.2) is 0 Å². The lowest BCUT2D eigenvalue weighted by Gasteiger charge is -2.37. The molecule has 0 aromatic heterocycles. The fourth-order valence-electron chi connectivity index (χ4n) is 2.95. The number of carboxylic acids is 1. The topological polar surface area (TPSA) is 86.9 Å². The van der Waals surface area contributed by atoms with Gasteiger partial charge in [0.1, 0.15) is 5.69 Å². The molecule has 0 unspecified atom stereocenters. The van der Waals surface area contributed by atoms with Gasteiger partial charge >= 0.3 is 5.97 Å². The number of carboxylic acid groups (broad SMARTS) is 1. The zero-order valence-electron chi connectivity index (χ0n) is 13.3. The van der Waals surface area contributed by atoms with Crippen molar-refractivity contribution in [3.8, 4) is 0 Å². The highest BCUT2D eigenvalue weighted by Crippen LogP contribution is 2.31.